The Balaban J connectivity index is 2.27. The normalized spacial score (nSPS) is 10.7. The number of anilines is 1. The summed E-state index contributed by atoms with van der Waals surface area (Å²) in [7, 11) is 1.50. The summed E-state index contributed by atoms with van der Waals surface area (Å²) in [6.07, 6.45) is 1.42. The lowest BCUT2D eigenvalue weighted by atomic mass is 10.1. The fourth-order valence-corrected chi connectivity index (χ4v) is 2.14. The lowest BCUT2D eigenvalue weighted by Gasteiger charge is -2.09. The summed E-state index contributed by atoms with van der Waals surface area (Å²) in [5.41, 5.74) is 0.948. The summed E-state index contributed by atoms with van der Waals surface area (Å²) < 4.78 is 10.5. The minimum atomic E-state index is -0.557. The van der Waals surface area contributed by atoms with Crippen molar-refractivity contribution >= 4 is 17.7 Å². The van der Waals surface area contributed by atoms with Gasteiger partial charge in [-0.05, 0) is 42.8 Å². The summed E-state index contributed by atoms with van der Waals surface area (Å²) in [5, 5.41) is 21.7. The van der Waals surface area contributed by atoms with E-state index >= 15 is 0 Å². The van der Waals surface area contributed by atoms with Gasteiger partial charge in [-0.15, -0.1) is 0 Å². The van der Waals surface area contributed by atoms with Crippen LogP contribution in [-0.4, -0.2) is 24.7 Å². The average molecular weight is 338 g/mol. The SMILES string of the molecule is CCOc1cc(/C=C(\C#N)C(=O)Nc2ccccc2OC)ccc1O. The van der Waals surface area contributed by atoms with E-state index in [0.29, 0.717) is 29.4 Å². The molecule has 0 aromatic heterocycles. The van der Waals surface area contributed by atoms with E-state index in [2.05, 4.69) is 5.32 Å². The molecule has 0 bridgehead atoms. The van der Waals surface area contributed by atoms with Crippen molar-refractivity contribution in [2.24, 2.45) is 0 Å². The fourth-order valence-electron chi connectivity index (χ4n) is 2.14. The second-order valence-electron chi connectivity index (χ2n) is 4.98. The molecule has 0 saturated heterocycles. The number of amides is 1. The largest absolute Gasteiger partial charge is 0.504 e. The number of nitrogens with zero attached hydrogens (tertiary/aromatic N) is 1. The first-order chi connectivity index (χ1) is 12.1. The second kappa shape index (κ2) is 8.41. The van der Waals surface area contributed by atoms with Crippen LogP contribution < -0.4 is 14.8 Å². The third kappa shape index (κ3) is 4.52. The van der Waals surface area contributed by atoms with Gasteiger partial charge >= 0.3 is 0 Å². The molecule has 0 radical (unpaired) electrons. The van der Waals surface area contributed by atoms with Crippen molar-refractivity contribution in [1.82, 2.24) is 0 Å². The van der Waals surface area contributed by atoms with Gasteiger partial charge in [-0.3, -0.25) is 4.79 Å². The van der Waals surface area contributed by atoms with E-state index in [9.17, 15) is 15.2 Å². The van der Waals surface area contributed by atoms with Gasteiger partial charge in [0.05, 0.1) is 19.4 Å². The second-order valence-corrected chi connectivity index (χ2v) is 4.98. The smallest absolute Gasteiger partial charge is 0.266 e. The van der Waals surface area contributed by atoms with Gasteiger partial charge < -0.3 is 19.9 Å². The quantitative estimate of drug-likeness (QED) is 0.622. The molecule has 2 aromatic rings. The maximum absolute atomic E-state index is 12.4. The van der Waals surface area contributed by atoms with Gasteiger partial charge in [0.25, 0.3) is 5.91 Å². The maximum atomic E-state index is 12.4. The number of methoxy groups -OCH3 is 1. The first kappa shape index (κ1) is 17.9. The third-order valence-electron chi connectivity index (χ3n) is 3.31. The van der Waals surface area contributed by atoms with Crippen LogP contribution in [0.4, 0.5) is 5.69 Å². The van der Waals surface area contributed by atoms with Gasteiger partial charge in [0.2, 0.25) is 0 Å². The molecule has 6 heteroatoms. The summed E-state index contributed by atoms with van der Waals surface area (Å²) in [6, 6.07) is 13.4. The summed E-state index contributed by atoms with van der Waals surface area (Å²) in [5.74, 6) is 0.226. The number of phenols is 1. The van der Waals surface area contributed by atoms with Crippen LogP contribution in [0.25, 0.3) is 6.08 Å². The molecule has 25 heavy (non-hydrogen) atoms. The molecule has 0 aliphatic rings. The van der Waals surface area contributed by atoms with Crippen molar-refractivity contribution in [3.63, 3.8) is 0 Å². The molecule has 2 N–H and O–H groups in total. The Morgan fingerprint density at radius 1 is 1.28 bits per heavy atom. The number of aromatic hydroxyl groups is 1. The van der Waals surface area contributed by atoms with Crippen molar-refractivity contribution in [3.05, 3.63) is 53.6 Å². The van der Waals surface area contributed by atoms with Crippen molar-refractivity contribution in [1.29, 1.82) is 5.26 Å². The molecule has 0 aliphatic carbocycles. The van der Waals surface area contributed by atoms with Crippen LogP contribution in [0.15, 0.2) is 48.0 Å². The van der Waals surface area contributed by atoms with Crippen molar-refractivity contribution in [2.45, 2.75) is 6.92 Å². The van der Waals surface area contributed by atoms with Crippen LogP contribution in [0, 0.1) is 11.3 Å². The number of para-hydroxylation sites is 2. The number of hydrogen-bond acceptors (Lipinski definition) is 5. The zero-order valence-electron chi connectivity index (χ0n) is 13.9. The van der Waals surface area contributed by atoms with Crippen LogP contribution in [0.3, 0.4) is 0 Å². The molecule has 2 aromatic carbocycles. The van der Waals surface area contributed by atoms with Gasteiger partial charge in [0, 0.05) is 0 Å². The predicted molar refractivity (Wildman–Crippen MR) is 94.5 cm³/mol. The Kier molecular flexibility index (Phi) is 6.02. The molecule has 0 heterocycles. The van der Waals surface area contributed by atoms with E-state index in [1.807, 2.05) is 6.07 Å². The lowest BCUT2D eigenvalue weighted by molar-refractivity contribution is -0.112. The standard InChI is InChI=1S/C19H18N2O4/c1-3-25-18-11-13(8-9-16(18)22)10-14(12-20)19(23)21-15-6-4-5-7-17(15)24-2/h4-11,22H,3H2,1-2H3,(H,21,23)/b14-10+. The Morgan fingerprint density at radius 2 is 2.04 bits per heavy atom. The number of nitrogens with one attached hydrogen (secondary N) is 1. The number of benzene rings is 2. The highest BCUT2D eigenvalue weighted by atomic mass is 16.5. The van der Waals surface area contributed by atoms with E-state index < -0.39 is 5.91 Å². The molecule has 0 fully saturated rings. The third-order valence-corrected chi connectivity index (χ3v) is 3.31. The van der Waals surface area contributed by atoms with Crippen molar-refractivity contribution in [2.75, 3.05) is 19.0 Å². The number of hydrogen-bond donors (Lipinski definition) is 2. The Labute approximate surface area is 145 Å². The Morgan fingerprint density at radius 3 is 2.72 bits per heavy atom. The van der Waals surface area contributed by atoms with Gasteiger partial charge in [0.1, 0.15) is 17.4 Å². The highest BCUT2D eigenvalue weighted by molar-refractivity contribution is 6.10. The molecule has 0 spiro atoms. The van der Waals surface area contributed by atoms with E-state index in [0.717, 1.165) is 0 Å². The number of carbonyl (C=O) groups is 1. The molecule has 0 saturated carbocycles. The average Bonchev–Trinajstić information content (AvgIpc) is 2.62. The molecule has 0 aliphatic heterocycles. The zero-order chi connectivity index (χ0) is 18.2. The lowest BCUT2D eigenvalue weighted by Crippen LogP contribution is -2.14. The van der Waals surface area contributed by atoms with E-state index in [4.69, 9.17) is 9.47 Å². The Bertz CT molecular complexity index is 838. The predicted octanol–water partition coefficient (Wildman–Crippen LogP) is 3.35. The van der Waals surface area contributed by atoms with Gasteiger partial charge in [-0.2, -0.15) is 5.26 Å². The number of carbonyl (C=O) groups excluding carboxylic acids is 1. The highest BCUT2D eigenvalue weighted by Gasteiger charge is 2.12. The monoisotopic (exact) mass is 338 g/mol. The van der Waals surface area contributed by atoms with Crippen LogP contribution in [0.5, 0.6) is 17.2 Å². The van der Waals surface area contributed by atoms with E-state index in [1.165, 1.54) is 19.3 Å². The van der Waals surface area contributed by atoms with E-state index in [-0.39, 0.29) is 11.3 Å². The van der Waals surface area contributed by atoms with Gasteiger partial charge in [0.15, 0.2) is 11.5 Å². The zero-order valence-corrected chi connectivity index (χ0v) is 13.9. The first-order valence-electron chi connectivity index (χ1n) is 7.61. The van der Waals surface area contributed by atoms with Crippen LogP contribution >= 0.6 is 0 Å². The molecule has 2 rings (SSSR count). The molecular formula is C19H18N2O4. The topological polar surface area (TPSA) is 91.6 Å². The van der Waals surface area contributed by atoms with Crippen LogP contribution in [0.2, 0.25) is 0 Å². The van der Waals surface area contributed by atoms with Crippen molar-refractivity contribution < 1.29 is 19.4 Å². The summed E-state index contributed by atoms with van der Waals surface area (Å²) in [6.45, 7) is 2.18. The highest BCUT2D eigenvalue weighted by Crippen LogP contribution is 2.28. The van der Waals surface area contributed by atoms with E-state index in [1.54, 1.807) is 43.3 Å². The molecular weight excluding hydrogens is 320 g/mol. The molecule has 128 valence electrons. The van der Waals surface area contributed by atoms with Gasteiger partial charge in [-0.25, -0.2) is 0 Å². The van der Waals surface area contributed by atoms with Gasteiger partial charge in [-0.1, -0.05) is 18.2 Å². The van der Waals surface area contributed by atoms with Crippen LogP contribution in [-0.2, 0) is 4.79 Å². The number of rotatable bonds is 6. The number of phenolic OH excluding ortho intramolecular Hbond substituents is 1. The summed E-state index contributed by atoms with van der Waals surface area (Å²) in [4.78, 5) is 12.4. The molecule has 0 unspecified atom stereocenters. The van der Waals surface area contributed by atoms with Crippen molar-refractivity contribution in [3.8, 4) is 23.3 Å². The summed E-state index contributed by atoms with van der Waals surface area (Å²) >= 11 is 0. The molecule has 1 amide bonds. The maximum Gasteiger partial charge on any atom is 0.266 e. The minimum Gasteiger partial charge on any atom is -0.504 e. The van der Waals surface area contributed by atoms with Crippen LogP contribution in [0.1, 0.15) is 12.5 Å². The number of nitriles is 1. The fraction of sp³-hybridized carbons (Fsp3) is 0.158. The first-order valence-corrected chi connectivity index (χ1v) is 7.61. The Hall–Kier alpha value is -3.46. The number of ether oxygens (including phenoxy) is 2. The minimum absolute atomic E-state index is 0.00372. The molecule has 0 atom stereocenters. The molecule has 6 nitrogen and oxygen atoms in total.